The van der Waals surface area contributed by atoms with E-state index in [2.05, 4.69) is 16.0 Å². The molecular weight excluding hydrogens is 380 g/mol. The third kappa shape index (κ3) is 5.09. The van der Waals surface area contributed by atoms with Crippen LogP contribution in [0.25, 0.3) is 0 Å². The Bertz CT molecular complexity index is 812. The summed E-state index contributed by atoms with van der Waals surface area (Å²) in [4.78, 5) is 61.8. The number of urea groups is 2. The number of benzene rings is 1. The van der Waals surface area contributed by atoms with Gasteiger partial charge in [0.1, 0.15) is 12.1 Å². The number of carbonyl (C=O) groups is 5. The number of esters is 1. The van der Waals surface area contributed by atoms with E-state index in [0.717, 1.165) is 4.90 Å². The molecule has 1 fully saturated rings. The highest BCUT2D eigenvalue weighted by molar-refractivity contribution is 6.08. The van der Waals surface area contributed by atoms with Crippen molar-refractivity contribution in [2.45, 2.75) is 38.8 Å². The molecule has 156 valence electrons. The van der Waals surface area contributed by atoms with Crippen molar-refractivity contribution in [2.75, 3.05) is 13.1 Å². The quantitative estimate of drug-likeness (QED) is 0.455. The first kappa shape index (κ1) is 21.9. The second kappa shape index (κ2) is 9.18. The van der Waals surface area contributed by atoms with E-state index in [0.29, 0.717) is 18.5 Å². The fraction of sp³-hybridized carbons (Fsp3) is 0.421. The van der Waals surface area contributed by atoms with Crippen molar-refractivity contribution in [1.29, 1.82) is 0 Å². The Hall–Kier alpha value is -3.43. The monoisotopic (exact) mass is 404 g/mol. The number of hydrogen-bond donors (Lipinski definition) is 3. The minimum Gasteiger partial charge on any atom is -0.446 e. The van der Waals surface area contributed by atoms with Crippen LogP contribution in [0, 0.1) is 0 Å². The lowest BCUT2D eigenvalue weighted by Gasteiger charge is -2.20. The number of amides is 6. The van der Waals surface area contributed by atoms with Crippen molar-refractivity contribution >= 4 is 29.8 Å². The fourth-order valence-electron chi connectivity index (χ4n) is 2.71. The molecule has 1 aromatic carbocycles. The van der Waals surface area contributed by atoms with Crippen molar-refractivity contribution in [3.63, 3.8) is 0 Å². The molecule has 0 unspecified atom stereocenters. The maximum atomic E-state index is 12.5. The molecule has 0 aromatic heterocycles. The van der Waals surface area contributed by atoms with Crippen LogP contribution < -0.4 is 16.0 Å². The van der Waals surface area contributed by atoms with Crippen LogP contribution in [0.1, 0.15) is 38.9 Å². The molecule has 29 heavy (non-hydrogen) atoms. The van der Waals surface area contributed by atoms with Crippen LogP contribution in [0.4, 0.5) is 9.59 Å². The molecule has 6 amide bonds. The normalized spacial score (nSPS) is 19.3. The van der Waals surface area contributed by atoms with Gasteiger partial charge in [-0.05, 0) is 20.3 Å². The zero-order valence-corrected chi connectivity index (χ0v) is 16.5. The van der Waals surface area contributed by atoms with Gasteiger partial charge in [-0.2, -0.15) is 0 Å². The molecule has 2 atom stereocenters. The molecule has 10 nitrogen and oxygen atoms in total. The fourth-order valence-corrected chi connectivity index (χ4v) is 2.71. The van der Waals surface area contributed by atoms with Gasteiger partial charge in [0.2, 0.25) is 6.10 Å². The summed E-state index contributed by atoms with van der Waals surface area (Å²) in [5.41, 5.74) is -0.760. The largest absolute Gasteiger partial charge is 0.446 e. The van der Waals surface area contributed by atoms with Crippen molar-refractivity contribution in [2.24, 2.45) is 0 Å². The first-order valence-corrected chi connectivity index (χ1v) is 9.19. The maximum absolute atomic E-state index is 12.5. The summed E-state index contributed by atoms with van der Waals surface area (Å²) in [6.07, 6.45) is -1.07. The Labute approximate surface area is 168 Å². The van der Waals surface area contributed by atoms with E-state index < -0.39 is 48.0 Å². The lowest BCUT2D eigenvalue weighted by atomic mass is 9.99. The summed E-state index contributed by atoms with van der Waals surface area (Å²) in [6.45, 7) is 4.62. The molecule has 3 N–H and O–H groups in total. The smallest absolute Gasteiger partial charge is 0.327 e. The third-order valence-corrected chi connectivity index (χ3v) is 4.50. The number of ether oxygens (including phenoxy) is 1. The number of nitrogens with one attached hydrogen (secondary N) is 3. The zero-order chi connectivity index (χ0) is 21.6. The van der Waals surface area contributed by atoms with Gasteiger partial charge >= 0.3 is 18.0 Å². The summed E-state index contributed by atoms with van der Waals surface area (Å²) < 4.78 is 5.23. The second-order valence-corrected chi connectivity index (χ2v) is 6.64. The van der Waals surface area contributed by atoms with Crippen LogP contribution in [0.15, 0.2) is 30.3 Å². The van der Waals surface area contributed by atoms with Crippen LogP contribution in [0.3, 0.4) is 0 Å². The van der Waals surface area contributed by atoms with Crippen molar-refractivity contribution in [3.8, 4) is 0 Å². The Morgan fingerprint density at radius 1 is 1.17 bits per heavy atom. The summed E-state index contributed by atoms with van der Waals surface area (Å²) in [7, 11) is 0. The van der Waals surface area contributed by atoms with Gasteiger partial charge in [-0.3, -0.25) is 24.6 Å². The summed E-state index contributed by atoms with van der Waals surface area (Å²) >= 11 is 0. The van der Waals surface area contributed by atoms with Crippen LogP contribution in [-0.4, -0.2) is 53.4 Å². The van der Waals surface area contributed by atoms with Gasteiger partial charge in [-0.1, -0.05) is 37.3 Å². The van der Waals surface area contributed by atoms with Gasteiger partial charge in [-0.25, -0.2) is 9.59 Å². The highest BCUT2D eigenvalue weighted by Gasteiger charge is 2.47. The van der Waals surface area contributed by atoms with Gasteiger partial charge in [0.05, 0.1) is 0 Å². The lowest BCUT2D eigenvalue weighted by molar-refractivity contribution is -0.157. The van der Waals surface area contributed by atoms with Crippen molar-refractivity contribution in [3.05, 3.63) is 35.9 Å². The zero-order valence-electron chi connectivity index (χ0n) is 16.5. The standard InChI is InChI=1S/C19H24N4O6/c1-4-19(3)16(26)23(18(28)22-19)11-13(24)29-14(12-9-7-6-8-10-12)15(25)21-17(27)20-5-2/h6-10,14H,4-5,11H2,1-3H3,(H,22,28)(H2,20,21,25,27)/t14-,19-/m0/s1. The molecule has 1 aliphatic heterocycles. The lowest BCUT2D eigenvalue weighted by Crippen LogP contribution is -2.44. The average Bonchev–Trinajstić information content (AvgIpc) is 2.90. The van der Waals surface area contributed by atoms with Crippen LogP contribution in [0.2, 0.25) is 0 Å². The van der Waals surface area contributed by atoms with Crippen molar-refractivity contribution < 1.29 is 28.7 Å². The molecule has 1 heterocycles. The second-order valence-electron chi connectivity index (χ2n) is 6.64. The van der Waals surface area contributed by atoms with Crippen molar-refractivity contribution in [1.82, 2.24) is 20.9 Å². The molecule has 1 aromatic rings. The molecule has 0 spiro atoms. The number of hydrogen-bond acceptors (Lipinski definition) is 6. The van der Waals surface area contributed by atoms with E-state index in [1.54, 1.807) is 51.1 Å². The molecule has 2 rings (SSSR count). The summed E-state index contributed by atoms with van der Waals surface area (Å²) in [6, 6.07) is 6.65. The summed E-state index contributed by atoms with van der Waals surface area (Å²) in [5, 5.41) is 7.03. The Morgan fingerprint density at radius 3 is 2.38 bits per heavy atom. The number of nitrogens with zero attached hydrogens (tertiary/aromatic N) is 1. The Kier molecular flexibility index (Phi) is 6.92. The molecule has 10 heteroatoms. The first-order chi connectivity index (χ1) is 13.7. The van der Waals surface area contributed by atoms with Crippen LogP contribution in [0.5, 0.6) is 0 Å². The van der Waals surface area contributed by atoms with E-state index in [4.69, 9.17) is 4.74 Å². The highest BCUT2D eigenvalue weighted by Crippen LogP contribution is 2.22. The molecule has 1 aliphatic rings. The third-order valence-electron chi connectivity index (χ3n) is 4.50. The number of carbonyl (C=O) groups excluding carboxylic acids is 5. The highest BCUT2D eigenvalue weighted by atomic mass is 16.5. The van der Waals surface area contributed by atoms with Gasteiger partial charge in [0.15, 0.2) is 0 Å². The van der Waals surface area contributed by atoms with E-state index in [1.807, 2.05) is 0 Å². The van der Waals surface area contributed by atoms with E-state index >= 15 is 0 Å². The van der Waals surface area contributed by atoms with Gasteiger partial charge in [0, 0.05) is 12.1 Å². The van der Waals surface area contributed by atoms with E-state index in [-0.39, 0.29) is 0 Å². The van der Waals surface area contributed by atoms with E-state index in [9.17, 15) is 24.0 Å². The molecule has 0 bridgehead atoms. The van der Waals surface area contributed by atoms with Gasteiger partial charge < -0.3 is 15.4 Å². The van der Waals surface area contributed by atoms with Crippen LogP contribution >= 0.6 is 0 Å². The Morgan fingerprint density at radius 2 is 1.83 bits per heavy atom. The van der Waals surface area contributed by atoms with Crippen LogP contribution in [-0.2, 0) is 19.1 Å². The topological polar surface area (TPSA) is 134 Å². The minimum absolute atomic E-state index is 0.303. The molecular formula is C19H24N4O6. The maximum Gasteiger partial charge on any atom is 0.327 e. The van der Waals surface area contributed by atoms with E-state index in [1.165, 1.54) is 0 Å². The average molecular weight is 404 g/mol. The number of imide groups is 2. The number of rotatable bonds is 7. The molecule has 0 saturated carbocycles. The van der Waals surface area contributed by atoms with Gasteiger partial charge in [-0.15, -0.1) is 0 Å². The predicted octanol–water partition coefficient (Wildman–Crippen LogP) is 0.837. The molecule has 0 radical (unpaired) electrons. The predicted molar refractivity (Wildman–Crippen MR) is 101 cm³/mol. The summed E-state index contributed by atoms with van der Waals surface area (Å²) in [5.74, 6) is -2.37. The Balaban J connectivity index is 2.13. The minimum atomic E-state index is -1.43. The van der Waals surface area contributed by atoms with Gasteiger partial charge in [0.25, 0.3) is 11.8 Å². The molecule has 0 aliphatic carbocycles. The molecule has 1 saturated heterocycles. The first-order valence-electron chi connectivity index (χ1n) is 9.19. The SMILES string of the molecule is CCNC(=O)NC(=O)[C@@H](OC(=O)CN1C(=O)N[C@@](C)(CC)C1=O)c1ccccc1.